The van der Waals surface area contributed by atoms with Crippen LogP contribution in [0.15, 0.2) is 12.1 Å². The van der Waals surface area contributed by atoms with Gasteiger partial charge in [0.2, 0.25) is 0 Å². The summed E-state index contributed by atoms with van der Waals surface area (Å²) in [5.74, 6) is 0. The quantitative estimate of drug-likeness (QED) is 0.652. The van der Waals surface area contributed by atoms with E-state index in [-0.39, 0.29) is 16.1 Å². The number of hydrogen-bond acceptors (Lipinski definition) is 1. The van der Waals surface area contributed by atoms with E-state index >= 15 is 0 Å². The number of fused-ring (bicyclic) bond motifs is 1. The van der Waals surface area contributed by atoms with Crippen LogP contribution in [0.1, 0.15) is 16.8 Å². The minimum atomic E-state index is -4.52. The van der Waals surface area contributed by atoms with Gasteiger partial charge in [-0.2, -0.15) is 13.2 Å². The van der Waals surface area contributed by atoms with Gasteiger partial charge in [0.1, 0.15) is 5.69 Å². The molecule has 18 heavy (non-hydrogen) atoms. The van der Waals surface area contributed by atoms with Crippen molar-refractivity contribution in [1.29, 1.82) is 0 Å². The summed E-state index contributed by atoms with van der Waals surface area (Å²) in [7, 11) is 0. The summed E-state index contributed by atoms with van der Waals surface area (Å²) in [5, 5.41) is 0.896. The highest BCUT2D eigenvalue weighted by Crippen LogP contribution is 2.38. The number of hydrogen-bond donors (Lipinski definition) is 0. The van der Waals surface area contributed by atoms with Crippen molar-refractivity contribution in [2.45, 2.75) is 20.0 Å². The number of aryl methyl sites for hydroxylation is 1. The molecule has 0 bridgehead atoms. The molecule has 0 spiro atoms. The maximum absolute atomic E-state index is 12.8. The van der Waals surface area contributed by atoms with Gasteiger partial charge in [-0.3, -0.25) is 0 Å². The zero-order valence-electron chi connectivity index (χ0n) is 9.49. The summed E-state index contributed by atoms with van der Waals surface area (Å²) in [5.41, 5.74) is -0.254. The fourth-order valence-corrected chi connectivity index (χ4v) is 2.34. The zero-order valence-corrected chi connectivity index (χ0v) is 11.0. The molecule has 0 aliphatic carbocycles. The molecule has 0 saturated heterocycles. The van der Waals surface area contributed by atoms with Crippen molar-refractivity contribution in [3.8, 4) is 0 Å². The van der Waals surface area contributed by atoms with Crippen LogP contribution in [0.4, 0.5) is 13.2 Å². The second kappa shape index (κ2) is 4.28. The van der Waals surface area contributed by atoms with Gasteiger partial charge in [-0.15, -0.1) is 0 Å². The van der Waals surface area contributed by atoms with Crippen LogP contribution in [0, 0.1) is 13.8 Å². The van der Waals surface area contributed by atoms with E-state index in [0.29, 0.717) is 16.0 Å². The van der Waals surface area contributed by atoms with Crippen LogP contribution in [0.2, 0.25) is 10.0 Å². The third kappa shape index (κ3) is 2.15. The van der Waals surface area contributed by atoms with Crippen molar-refractivity contribution in [2.24, 2.45) is 0 Å². The Morgan fingerprint density at radius 1 is 1.11 bits per heavy atom. The number of aromatic nitrogens is 1. The van der Waals surface area contributed by atoms with Crippen molar-refractivity contribution in [3.05, 3.63) is 39.0 Å². The Bertz CT molecular complexity index is 635. The van der Waals surface area contributed by atoms with Gasteiger partial charge in [0.05, 0.1) is 10.5 Å². The van der Waals surface area contributed by atoms with Gasteiger partial charge < -0.3 is 0 Å². The fourth-order valence-electron chi connectivity index (χ4n) is 1.83. The Morgan fingerprint density at radius 3 is 2.28 bits per heavy atom. The highest BCUT2D eigenvalue weighted by Gasteiger charge is 2.36. The molecule has 2 rings (SSSR count). The van der Waals surface area contributed by atoms with Crippen LogP contribution in [0.25, 0.3) is 10.9 Å². The predicted octanol–water partition coefficient (Wildman–Crippen LogP) is 5.18. The second-order valence-electron chi connectivity index (χ2n) is 4.02. The predicted molar refractivity (Wildman–Crippen MR) is 66.2 cm³/mol. The smallest absolute Gasteiger partial charge is 0.243 e. The molecule has 0 amide bonds. The molecule has 1 aromatic heterocycles. The number of pyridine rings is 1. The van der Waals surface area contributed by atoms with E-state index in [0.717, 1.165) is 0 Å². The Balaban J connectivity index is 2.93. The van der Waals surface area contributed by atoms with E-state index in [1.807, 2.05) is 0 Å². The molecular weight excluding hydrogens is 286 g/mol. The molecule has 0 saturated carbocycles. The summed E-state index contributed by atoms with van der Waals surface area (Å²) in [6, 6.07) is 3.08. The van der Waals surface area contributed by atoms with Crippen molar-refractivity contribution >= 4 is 34.1 Å². The molecular formula is C12H8Cl2F3N. The Kier molecular flexibility index (Phi) is 3.19. The minimum Gasteiger partial charge on any atom is -0.243 e. The molecule has 1 heterocycles. The lowest BCUT2D eigenvalue weighted by atomic mass is 10.1. The highest BCUT2D eigenvalue weighted by atomic mass is 35.5. The third-order valence-electron chi connectivity index (χ3n) is 2.68. The number of alkyl halides is 3. The summed E-state index contributed by atoms with van der Waals surface area (Å²) < 4.78 is 38.5. The van der Waals surface area contributed by atoms with Gasteiger partial charge in [0.15, 0.2) is 0 Å². The Labute approximate surface area is 112 Å². The minimum absolute atomic E-state index is 0.0397. The zero-order chi connectivity index (χ0) is 13.7. The Hall–Kier alpha value is -1.000. The average molecular weight is 294 g/mol. The molecule has 0 fully saturated rings. The maximum Gasteiger partial charge on any atom is 0.433 e. The first-order chi connectivity index (χ1) is 8.21. The summed E-state index contributed by atoms with van der Waals surface area (Å²) >= 11 is 11.9. The van der Waals surface area contributed by atoms with Crippen molar-refractivity contribution < 1.29 is 13.2 Å². The van der Waals surface area contributed by atoms with E-state index in [1.165, 1.54) is 13.0 Å². The third-order valence-corrected chi connectivity index (χ3v) is 3.38. The van der Waals surface area contributed by atoms with E-state index in [4.69, 9.17) is 23.2 Å². The SMILES string of the molecule is Cc1c(C(F)(F)F)nc2c(C)cc(Cl)cc2c1Cl. The van der Waals surface area contributed by atoms with Crippen LogP contribution in [0.5, 0.6) is 0 Å². The lowest BCUT2D eigenvalue weighted by Gasteiger charge is -2.14. The summed E-state index contributed by atoms with van der Waals surface area (Å²) in [6.07, 6.45) is -4.52. The summed E-state index contributed by atoms with van der Waals surface area (Å²) in [6.45, 7) is 2.95. The lowest BCUT2D eigenvalue weighted by Crippen LogP contribution is -2.11. The first kappa shape index (κ1) is 13.4. The fraction of sp³-hybridized carbons (Fsp3) is 0.250. The molecule has 96 valence electrons. The van der Waals surface area contributed by atoms with Gasteiger partial charge in [0, 0.05) is 10.4 Å². The van der Waals surface area contributed by atoms with Crippen molar-refractivity contribution in [1.82, 2.24) is 4.98 Å². The van der Waals surface area contributed by atoms with Crippen molar-refractivity contribution in [3.63, 3.8) is 0 Å². The molecule has 1 nitrogen and oxygen atoms in total. The second-order valence-corrected chi connectivity index (χ2v) is 4.83. The molecule has 0 radical (unpaired) electrons. The molecule has 2 aromatic rings. The number of rotatable bonds is 0. The van der Waals surface area contributed by atoms with Crippen LogP contribution in [-0.4, -0.2) is 4.98 Å². The van der Waals surface area contributed by atoms with Gasteiger partial charge in [0.25, 0.3) is 0 Å². The van der Waals surface area contributed by atoms with Crippen LogP contribution in [-0.2, 0) is 6.18 Å². The first-order valence-electron chi connectivity index (χ1n) is 5.05. The van der Waals surface area contributed by atoms with E-state index in [1.54, 1.807) is 13.0 Å². The Morgan fingerprint density at radius 2 is 1.72 bits per heavy atom. The van der Waals surface area contributed by atoms with Crippen molar-refractivity contribution in [2.75, 3.05) is 0 Å². The van der Waals surface area contributed by atoms with E-state index < -0.39 is 11.9 Å². The van der Waals surface area contributed by atoms with Gasteiger partial charge in [-0.05, 0) is 37.1 Å². The molecule has 0 aliphatic heterocycles. The first-order valence-corrected chi connectivity index (χ1v) is 5.80. The van der Waals surface area contributed by atoms with Gasteiger partial charge >= 0.3 is 6.18 Å². The van der Waals surface area contributed by atoms with Crippen LogP contribution in [0.3, 0.4) is 0 Å². The summed E-state index contributed by atoms with van der Waals surface area (Å²) in [4.78, 5) is 3.68. The van der Waals surface area contributed by atoms with Gasteiger partial charge in [-0.1, -0.05) is 23.2 Å². The van der Waals surface area contributed by atoms with Crippen LogP contribution >= 0.6 is 23.2 Å². The van der Waals surface area contributed by atoms with E-state index in [9.17, 15) is 13.2 Å². The number of nitrogens with zero attached hydrogens (tertiary/aromatic N) is 1. The molecule has 0 N–H and O–H groups in total. The molecule has 6 heteroatoms. The lowest BCUT2D eigenvalue weighted by molar-refractivity contribution is -0.141. The topological polar surface area (TPSA) is 12.9 Å². The standard InChI is InChI=1S/C12H8Cl2F3N/c1-5-3-7(13)4-8-9(14)6(2)11(12(15,16)17)18-10(5)8/h3-4H,1-2H3. The maximum atomic E-state index is 12.8. The van der Waals surface area contributed by atoms with E-state index in [2.05, 4.69) is 4.98 Å². The number of halogens is 5. The highest BCUT2D eigenvalue weighted by molar-refractivity contribution is 6.37. The molecule has 0 atom stereocenters. The van der Waals surface area contributed by atoms with Gasteiger partial charge in [-0.25, -0.2) is 4.98 Å². The largest absolute Gasteiger partial charge is 0.433 e. The molecule has 0 unspecified atom stereocenters. The number of benzene rings is 1. The monoisotopic (exact) mass is 293 g/mol. The average Bonchev–Trinajstić information content (AvgIpc) is 2.22. The molecule has 1 aromatic carbocycles. The molecule has 0 aliphatic rings. The normalized spacial score (nSPS) is 12.2. The van der Waals surface area contributed by atoms with Crippen LogP contribution < -0.4 is 0 Å².